The second kappa shape index (κ2) is 8.00. The van der Waals surface area contributed by atoms with Gasteiger partial charge in [-0.1, -0.05) is 6.07 Å². The Bertz CT molecular complexity index is 1390. The van der Waals surface area contributed by atoms with Gasteiger partial charge in [-0.25, -0.2) is 23.4 Å². The SMILES string of the molecule is CN(c1ncccc1Cn1ccc2cnc(Nc3ccc(C#N)nc3)nc21)S(C)(=O)=O. The fourth-order valence-corrected chi connectivity index (χ4v) is 3.48. The molecule has 0 unspecified atom stereocenters. The molecule has 4 heterocycles. The molecule has 0 aliphatic carbocycles. The van der Waals surface area contributed by atoms with Gasteiger partial charge < -0.3 is 9.88 Å². The van der Waals surface area contributed by atoms with Crippen LogP contribution in [0.1, 0.15) is 11.3 Å². The molecule has 4 aromatic heterocycles. The van der Waals surface area contributed by atoms with Crippen LogP contribution in [-0.4, -0.2) is 46.2 Å². The molecule has 31 heavy (non-hydrogen) atoms. The first kappa shape index (κ1) is 20.2. The van der Waals surface area contributed by atoms with Crippen molar-refractivity contribution in [2.45, 2.75) is 6.54 Å². The van der Waals surface area contributed by atoms with Gasteiger partial charge in [-0.05, 0) is 24.3 Å². The largest absolute Gasteiger partial charge is 0.328 e. The Balaban J connectivity index is 1.65. The molecule has 0 aliphatic heterocycles. The number of aromatic nitrogens is 5. The minimum Gasteiger partial charge on any atom is -0.328 e. The zero-order chi connectivity index (χ0) is 22.0. The maximum absolute atomic E-state index is 12.0. The van der Waals surface area contributed by atoms with E-state index in [4.69, 9.17) is 5.26 Å². The number of nitrogens with zero attached hydrogens (tertiary/aromatic N) is 7. The second-order valence-electron chi connectivity index (χ2n) is 6.80. The monoisotopic (exact) mass is 434 g/mol. The third-order valence-corrected chi connectivity index (χ3v) is 5.81. The van der Waals surface area contributed by atoms with Crippen LogP contribution in [0.3, 0.4) is 0 Å². The van der Waals surface area contributed by atoms with Crippen molar-refractivity contribution in [2.75, 3.05) is 22.9 Å². The number of nitriles is 1. The number of hydrogen-bond acceptors (Lipinski definition) is 8. The molecule has 10 nitrogen and oxygen atoms in total. The van der Waals surface area contributed by atoms with Gasteiger partial charge in [0.25, 0.3) is 0 Å². The molecular formula is C20H18N8O2S. The van der Waals surface area contributed by atoms with E-state index in [1.165, 1.54) is 13.2 Å². The summed E-state index contributed by atoms with van der Waals surface area (Å²) in [7, 11) is -1.97. The lowest BCUT2D eigenvalue weighted by atomic mass is 10.2. The number of hydrogen-bond donors (Lipinski definition) is 1. The number of rotatable bonds is 6. The first-order valence-corrected chi connectivity index (χ1v) is 11.0. The molecule has 1 N–H and O–H groups in total. The van der Waals surface area contributed by atoms with Crippen LogP contribution in [0.2, 0.25) is 0 Å². The first-order chi connectivity index (χ1) is 14.8. The Morgan fingerprint density at radius 1 is 1.16 bits per heavy atom. The third-order valence-electron chi connectivity index (χ3n) is 4.64. The van der Waals surface area contributed by atoms with Gasteiger partial charge in [0.05, 0.1) is 24.7 Å². The van der Waals surface area contributed by atoms with Gasteiger partial charge in [-0.15, -0.1) is 0 Å². The summed E-state index contributed by atoms with van der Waals surface area (Å²) in [6.07, 6.45) is 7.80. The van der Waals surface area contributed by atoms with E-state index in [9.17, 15) is 8.42 Å². The van der Waals surface area contributed by atoms with Gasteiger partial charge in [0.1, 0.15) is 23.2 Å². The number of anilines is 3. The van der Waals surface area contributed by atoms with Crippen molar-refractivity contribution in [1.82, 2.24) is 24.5 Å². The molecule has 0 aliphatic rings. The lowest BCUT2D eigenvalue weighted by molar-refractivity contribution is 0.599. The summed E-state index contributed by atoms with van der Waals surface area (Å²) < 4.78 is 27.0. The predicted molar refractivity (Wildman–Crippen MR) is 116 cm³/mol. The topological polar surface area (TPSA) is 130 Å². The molecule has 0 amide bonds. The summed E-state index contributed by atoms with van der Waals surface area (Å²) in [4.78, 5) is 17.2. The van der Waals surface area contributed by atoms with Crippen molar-refractivity contribution < 1.29 is 8.42 Å². The molecule has 0 radical (unpaired) electrons. The molecule has 0 atom stereocenters. The van der Waals surface area contributed by atoms with E-state index in [-0.39, 0.29) is 0 Å². The van der Waals surface area contributed by atoms with Gasteiger partial charge in [-0.3, -0.25) is 4.31 Å². The molecule has 0 saturated heterocycles. The number of fused-ring (bicyclic) bond motifs is 1. The number of nitrogens with one attached hydrogen (secondary N) is 1. The normalized spacial score (nSPS) is 11.3. The number of sulfonamides is 1. The molecule has 0 fully saturated rings. The van der Waals surface area contributed by atoms with Gasteiger partial charge in [0.2, 0.25) is 16.0 Å². The summed E-state index contributed by atoms with van der Waals surface area (Å²) in [6.45, 7) is 0.376. The van der Waals surface area contributed by atoms with Crippen LogP contribution >= 0.6 is 0 Å². The number of pyridine rings is 2. The van der Waals surface area contributed by atoms with Crippen molar-refractivity contribution in [3.8, 4) is 6.07 Å². The Hall–Kier alpha value is -4.04. The Labute approximate surface area is 178 Å². The second-order valence-corrected chi connectivity index (χ2v) is 8.82. The standard InChI is InChI=1S/C20H18N8O2S/c1-27(31(2,29)30)18-15(4-3-8-22-18)13-28-9-7-14-11-24-20(26-19(14)28)25-17-6-5-16(10-21)23-12-17/h3-9,11-12H,13H2,1-2H3,(H,24,25,26). The lowest BCUT2D eigenvalue weighted by Crippen LogP contribution is -2.27. The van der Waals surface area contributed by atoms with Crippen molar-refractivity contribution in [3.05, 3.63) is 66.4 Å². The van der Waals surface area contributed by atoms with E-state index >= 15 is 0 Å². The van der Waals surface area contributed by atoms with E-state index in [0.29, 0.717) is 35.3 Å². The predicted octanol–water partition coefficient (Wildman–Crippen LogP) is 2.28. The summed E-state index contributed by atoms with van der Waals surface area (Å²) in [6, 6.07) is 10.8. The van der Waals surface area contributed by atoms with Gasteiger partial charge in [-0.2, -0.15) is 10.2 Å². The van der Waals surface area contributed by atoms with Gasteiger partial charge in [0.15, 0.2) is 0 Å². The highest BCUT2D eigenvalue weighted by atomic mass is 32.2. The van der Waals surface area contributed by atoms with E-state index in [2.05, 4.69) is 25.3 Å². The Morgan fingerprint density at radius 3 is 2.71 bits per heavy atom. The third kappa shape index (κ3) is 4.29. The van der Waals surface area contributed by atoms with Crippen molar-refractivity contribution in [3.63, 3.8) is 0 Å². The Morgan fingerprint density at radius 2 is 2.00 bits per heavy atom. The highest BCUT2D eigenvalue weighted by Gasteiger charge is 2.18. The maximum Gasteiger partial charge on any atom is 0.233 e. The highest BCUT2D eigenvalue weighted by molar-refractivity contribution is 7.92. The van der Waals surface area contributed by atoms with E-state index in [0.717, 1.165) is 21.5 Å². The van der Waals surface area contributed by atoms with Crippen LogP contribution in [0.25, 0.3) is 11.0 Å². The lowest BCUT2D eigenvalue weighted by Gasteiger charge is -2.19. The average Bonchev–Trinajstić information content (AvgIpc) is 3.15. The minimum absolute atomic E-state index is 0.321. The van der Waals surface area contributed by atoms with Crippen LogP contribution in [0.5, 0.6) is 0 Å². The zero-order valence-corrected chi connectivity index (χ0v) is 17.6. The van der Waals surface area contributed by atoms with Crippen LogP contribution < -0.4 is 9.62 Å². The fourth-order valence-electron chi connectivity index (χ4n) is 3.00. The van der Waals surface area contributed by atoms with Gasteiger partial charge in [0, 0.05) is 36.6 Å². The highest BCUT2D eigenvalue weighted by Crippen LogP contribution is 2.23. The average molecular weight is 434 g/mol. The zero-order valence-electron chi connectivity index (χ0n) is 16.8. The van der Waals surface area contributed by atoms with Crippen molar-refractivity contribution in [1.29, 1.82) is 5.26 Å². The maximum atomic E-state index is 12.0. The van der Waals surface area contributed by atoms with E-state index < -0.39 is 10.0 Å². The molecule has 11 heteroatoms. The smallest absolute Gasteiger partial charge is 0.233 e. The first-order valence-electron chi connectivity index (χ1n) is 9.18. The Kier molecular flexibility index (Phi) is 5.22. The molecule has 4 rings (SSSR count). The summed E-state index contributed by atoms with van der Waals surface area (Å²) in [5.41, 5.74) is 2.39. The van der Waals surface area contributed by atoms with Crippen LogP contribution in [0.4, 0.5) is 17.5 Å². The van der Waals surface area contributed by atoms with Crippen LogP contribution in [-0.2, 0) is 16.6 Å². The van der Waals surface area contributed by atoms with E-state index in [1.807, 2.05) is 29.0 Å². The summed E-state index contributed by atoms with van der Waals surface area (Å²) in [5, 5.41) is 12.8. The molecule has 0 saturated carbocycles. The van der Waals surface area contributed by atoms with Crippen LogP contribution in [0, 0.1) is 11.3 Å². The summed E-state index contributed by atoms with van der Waals surface area (Å²) >= 11 is 0. The molecule has 0 spiro atoms. The summed E-state index contributed by atoms with van der Waals surface area (Å²) in [5.74, 6) is 0.738. The van der Waals surface area contributed by atoms with E-state index in [1.54, 1.807) is 30.6 Å². The quantitative estimate of drug-likeness (QED) is 0.489. The molecule has 4 aromatic rings. The molecule has 156 valence electrons. The molecular weight excluding hydrogens is 416 g/mol. The van der Waals surface area contributed by atoms with Gasteiger partial charge >= 0.3 is 0 Å². The molecule has 0 bridgehead atoms. The fraction of sp³-hybridized carbons (Fsp3) is 0.150. The van der Waals surface area contributed by atoms with Crippen LogP contribution in [0.15, 0.2) is 55.1 Å². The van der Waals surface area contributed by atoms with Crippen molar-refractivity contribution >= 4 is 38.5 Å². The van der Waals surface area contributed by atoms with Crippen molar-refractivity contribution in [2.24, 2.45) is 0 Å². The molecule has 0 aromatic carbocycles. The minimum atomic E-state index is -3.45.